The van der Waals surface area contributed by atoms with E-state index in [2.05, 4.69) is 16.0 Å². The first kappa shape index (κ1) is 29.0. The molecule has 0 saturated carbocycles. The fourth-order valence-electron chi connectivity index (χ4n) is 3.65. The number of hydrogen-bond acceptors (Lipinski definition) is 4. The highest BCUT2D eigenvalue weighted by atomic mass is 35.5. The molecule has 0 radical (unpaired) electrons. The van der Waals surface area contributed by atoms with E-state index in [1.807, 2.05) is 37.3 Å². The van der Waals surface area contributed by atoms with Crippen molar-refractivity contribution in [3.8, 4) is 0 Å². The van der Waals surface area contributed by atoms with Crippen molar-refractivity contribution in [3.05, 3.63) is 129 Å². The van der Waals surface area contributed by atoms with E-state index in [0.29, 0.717) is 26.9 Å². The first-order valence-electron chi connectivity index (χ1n) is 12.2. The van der Waals surface area contributed by atoms with Crippen molar-refractivity contribution < 1.29 is 14.4 Å². The number of nitrogens with one attached hydrogen (secondary N) is 3. The van der Waals surface area contributed by atoms with Gasteiger partial charge in [-0.25, -0.2) is 0 Å². The molecular formula is C31H25Cl2N3O3S. The number of carbonyl (C=O) groups excluding carboxylic acids is 3. The molecule has 40 heavy (non-hydrogen) atoms. The Hall–Kier alpha value is -4.04. The Balaban J connectivity index is 1.47. The van der Waals surface area contributed by atoms with Gasteiger partial charge in [-0.1, -0.05) is 65.7 Å². The molecule has 4 aromatic rings. The van der Waals surface area contributed by atoms with Gasteiger partial charge in [0.1, 0.15) is 5.70 Å². The number of hydrogen-bond donors (Lipinski definition) is 3. The van der Waals surface area contributed by atoms with Crippen LogP contribution >= 0.6 is 35.0 Å². The maximum absolute atomic E-state index is 13.3. The van der Waals surface area contributed by atoms with Crippen molar-refractivity contribution in [1.29, 1.82) is 0 Å². The van der Waals surface area contributed by atoms with Crippen LogP contribution in [0, 0.1) is 6.92 Å². The van der Waals surface area contributed by atoms with Gasteiger partial charge < -0.3 is 16.0 Å². The molecule has 3 N–H and O–H groups in total. The lowest BCUT2D eigenvalue weighted by molar-refractivity contribution is -0.114. The van der Waals surface area contributed by atoms with Gasteiger partial charge in [0, 0.05) is 31.9 Å². The smallest absolute Gasteiger partial charge is 0.272 e. The normalized spacial score (nSPS) is 11.0. The van der Waals surface area contributed by atoms with E-state index >= 15 is 0 Å². The van der Waals surface area contributed by atoms with Crippen molar-refractivity contribution in [1.82, 2.24) is 5.32 Å². The number of rotatable bonds is 9. The van der Waals surface area contributed by atoms with E-state index in [1.54, 1.807) is 66.7 Å². The van der Waals surface area contributed by atoms with Crippen LogP contribution in [0.2, 0.25) is 10.0 Å². The van der Waals surface area contributed by atoms with Crippen molar-refractivity contribution in [2.45, 2.75) is 11.8 Å². The minimum atomic E-state index is -0.547. The summed E-state index contributed by atoms with van der Waals surface area (Å²) < 4.78 is 0. The van der Waals surface area contributed by atoms with Crippen LogP contribution in [0.3, 0.4) is 0 Å². The van der Waals surface area contributed by atoms with Gasteiger partial charge >= 0.3 is 0 Å². The molecule has 0 atom stereocenters. The summed E-state index contributed by atoms with van der Waals surface area (Å²) in [5.41, 5.74) is 3.19. The van der Waals surface area contributed by atoms with Gasteiger partial charge in [-0.2, -0.15) is 0 Å². The Morgan fingerprint density at radius 3 is 2.25 bits per heavy atom. The highest BCUT2D eigenvalue weighted by Crippen LogP contribution is 2.25. The van der Waals surface area contributed by atoms with E-state index in [1.165, 1.54) is 17.8 Å². The molecule has 0 saturated heterocycles. The number of aryl methyl sites for hydroxylation is 1. The zero-order valence-corrected chi connectivity index (χ0v) is 23.7. The maximum atomic E-state index is 13.3. The van der Waals surface area contributed by atoms with Crippen LogP contribution in [0.25, 0.3) is 6.08 Å². The molecule has 9 heteroatoms. The number of halogens is 2. The molecule has 4 aromatic carbocycles. The van der Waals surface area contributed by atoms with Crippen molar-refractivity contribution in [3.63, 3.8) is 0 Å². The number of thioether (sulfide) groups is 1. The highest BCUT2D eigenvalue weighted by Gasteiger charge is 2.16. The Morgan fingerprint density at radius 1 is 0.800 bits per heavy atom. The lowest BCUT2D eigenvalue weighted by Crippen LogP contribution is -2.30. The zero-order valence-electron chi connectivity index (χ0n) is 21.4. The summed E-state index contributed by atoms with van der Waals surface area (Å²) >= 11 is 13.7. The lowest BCUT2D eigenvalue weighted by atomic mass is 10.1. The average Bonchev–Trinajstić information content (AvgIpc) is 2.93. The van der Waals surface area contributed by atoms with Crippen LogP contribution in [-0.2, 0) is 9.59 Å². The molecule has 202 valence electrons. The van der Waals surface area contributed by atoms with Gasteiger partial charge in [0.05, 0.1) is 5.75 Å². The molecule has 0 aliphatic carbocycles. The second-order valence-corrected chi connectivity index (χ2v) is 10.6. The van der Waals surface area contributed by atoms with Crippen molar-refractivity contribution >= 4 is 70.1 Å². The summed E-state index contributed by atoms with van der Waals surface area (Å²) in [4.78, 5) is 39.4. The van der Waals surface area contributed by atoms with Crippen molar-refractivity contribution in [2.75, 3.05) is 16.4 Å². The van der Waals surface area contributed by atoms with Crippen LogP contribution in [0.1, 0.15) is 21.5 Å². The molecule has 3 amide bonds. The van der Waals surface area contributed by atoms with Gasteiger partial charge in [0.15, 0.2) is 0 Å². The summed E-state index contributed by atoms with van der Waals surface area (Å²) in [5, 5.41) is 9.16. The van der Waals surface area contributed by atoms with Crippen LogP contribution in [0.5, 0.6) is 0 Å². The number of amides is 3. The topological polar surface area (TPSA) is 87.3 Å². The predicted molar refractivity (Wildman–Crippen MR) is 164 cm³/mol. The van der Waals surface area contributed by atoms with Crippen LogP contribution < -0.4 is 16.0 Å². The quantitative estimate of drug-likeness (QED) is 0.140. The third kappa shape index (κ3) is 8.48. The zero-order chi connectivity index (χ0) is 28.5. The largest absolute Gasteiger partial charge is 0.325 e. The Labute approximate surface area is 246 Å². The summed E-state index contributed by atoms with van der Waals surface area (Å²) in [6.07, 6.45) is 1.49. The molecule has 0 spiro atoms. The Kier molecular flexibility index (Phi) is 10.0. The maximum Gasteiger partial charge on any atom is 0.272 e. The molecule has 0 bridgehead atoms. The van der Waals surface area contributed by atoms with E-state index in [4.69, 9.17) is 23.2 Å². The van der Waals surface area contributed by atoms with Gasteiger partial charge in [-0.15, -0.1) is 11.8 Å². The monoisotopic (exact) mass is 589 g/mol. The van der Waals surface area contributed by atoms with E-state index in [-0.39, 0.29) is 17.4 Å². The minimum Gasteiger partial charge on any atom is -0.325 e. The lowest BCUT2D eigenvalue weighted by Gasteiger charge is -2.13. The standard InChI is InChI=1S/C31H25Cl2N3O3S/c1-20-7-5-10-24(15-20)34-29(37)19-40-26-12-6-11-25(18-26)35-31(39)28(16-22-13-14-23(32)17-27(22)33)36-30(38)21-8-3-2-4-9-21/h2-18H,19H2,1H3,(H,34,37)(H,35,39)(H,36,38)/b28-16+. The van der Waals surface area contributed by atoms with Gasteiger partial charge in [0.2, 0.25) is 5.91 Å². The minimum absolute atomic E-state index is 0.00587. The first-order chi connectivity index (χ1) is 19.3. The Morgan fingerprint density at radius 2 is 1.52 bits per heavy atom. The van der Waals surface area contributed by atoms with Crippen LogP contribution in [0.4, 0.5) is 11.4 Å². The molecular weight excluding hydrogens is 565 g/mol. The predicted octanol–water partition coefficient (Wildman–Crippen LogP) is 7.44. The third-order valence-corrected chi connectivity index (χ3v) is 7.11. The van der Waals surface area contributed by atoms with Crippen molar-refractivity contribution in [2.24, 2.45) is 0 Å². The van der Waals surface area contributed by atoms with E-state index in [0.717, 1.165) is 16.1 Å². The number of anilines is 2. The van der Waals surface area contributed by atoms with E-state index < -0.39 is 11.8 Å². The molecule has 0 unspecified atom stereocenters. The molecule has 0 fully saturated rings. The summed E-state index contributed by atoms with van der Waals surface area (Å²) in [6.45, 7) is 1.96. The average molecular weight is 591 g/mol. The van der Waals surface area contributed by atoms with Crippen LogP contribution in [-0.4, -0.2) is 23.5 Å². The molecule has 6 nitrogen and oxygen atoms in total. The second-order valence-electron chi connectivity index (χ2n) is 8.73. The fourth-order valence-corrected chi connectivity index (χ4v) is 4.87. The third-order valence-electron chi connectivity index (χ3n) is 5.55. The van der Waals surface area contributed by atoms with Gasteiger partial charge in [-0.05, 0) is 78.7 Å². The Bertz CT molecular complexity index is 1580. The molecule has 0 aliphatic rings. The van der Waals surface area contributed by atoms with E-state index in [9.17, 15) is 14.4 Å². The van der Waals surface area contributed by atoms with Gasteiger partial charge in [-0.3, -0.25) is 14.4 Å². The fraction of sp³-hybridized carbons (Fsp3) is 0.0645. The molecule has 0 aromatic heterocycles. The van der Waals surface area contributed by atoms with Crippen LogP contribution in [0.15, 0.2) is 108 Å². The molecule has 0 heterocycles. The number of carbonyl (C=O) groups is 3. The summed E-state index contributed by atoms with van der Waals surface area (Å²) in [5.74, 6) is -0.942. The molecule has 4 rings (SSSR count). The second kappa shape index (κ2) is 13.8. The molecule has 0 aliphatic heterocycles. The first-order valence-corrected chi connectivity index (χ1v) is 13.9. The highest BCUT2D eigenvalue weighted by molar-refractivity contribution is 8.00. The SMILES string of the molecule is Cc1cccc(NC(=O)CSc2cccc(NC(=O)/C(=C\c3ccc(Cl)cc3Cl)NC(=O)c3ccccc3)c2)c1. The van der Waals surface area contributed by atoms with Gasteiger partial charge in [0.25, 0.3) is 11.8 Å². The number of benzene rings is 4. The summed E-state index contributed by atoms with van der Waals surface area (Å²) in [7, 11) is 0. The summed E-state index contributed by atoms with van der Waals surface area (Å²) in [6, 6.07) is 28.1.